The summed E-state index contributed by atoms with van der Waals surface area (Å²) in [4.78, 5) is 79.6. The lowest BCUT2D eigenvalue weighted by Gasteiger charge is -2.26. The molecule has 15 nitrogen and oxygen atoms in total. The molecule has 252 valence electrons. The Hall–Kier alpha value is -4.54. The van der Waals surface area contributed by atoms with Crippen LogP contribution in [0.4, 0.5) is 9.18 Å². The first-order valence-electron chi connectivity index (χ1n) is 15.3. The summed E-state index contributed by atoms with van der Waals surface area (Å²) in [6, 6.07) is 3.25. The van der Waals surface area contributed by atoms with Crippen molar-refractivity contribution in [1.82, 2.24) is 25.2 Å². The highest BCUT2D eigenvalue weighted by Crippen LogP contribution is 2.45. The van der Waals surface area contributed by atoms with Gasteiger partial charge in [0.25, 0.3) is 11.8 Å². The Bertz CT molecular complexity index is 1670. The molecule has 3 aliphatic heterocycles. The number of esters is 1. The molecule has 3 N–H and O–H groups in total. The number of fused-ring (bicyclic) bond motifs is 1. The van der Waals surface area contributed by atoms with E-state index in [1.807, 2.05) is 0 Å². The second-order valence-electron chi connectivity index (χ2n) is 12.5. The first kappa shape index (κ1) is 32.4. The third kappa shape index (κ3) is 6.53. The highest BCUT2D eigenvalue weighted by molar-refractivity contribution is 7.91. The number of carbonyl (C=O) groups is 6. The molecule has 1 aromatic carbocycles. The fourth-order valence-electron chi connectivity index (χ4n) is 6.24. The zero-order valence-electron chi connectivity index (χ0n) is 25.2. The van der Waals surface area contributed by atoms with E-state index in [4.69, 9.17) is 9.47 Å². The number of nitrogens with zero attached hydrogens (tertiary/aromatic N) is 2. The third-order valence-electron chi connectivity index (χ3n) is 9.18. The van der Waals surface area contributed by atoms with Crippen molar-refractivity contribution in [3.05, 3.63) is 47.8 Å². The van der Waals surface area contributed by atoms with Crippen molar-refractivity contribution in [3.8, 4) is 0 Å². The van der Waals surface area contributed by atoms with Gasteiger partial charge in [0.05, 0.1) is 24.9 Å². The van der Waals surface area contributed by atoms with E-state index in [0.29, 0.717) is 24.0 Å². The number of rotatable bonds is 10. The first-order valence-corrected chi connectivity index (χ1v) is 16.8. The van der Waals surface area contributed by atoms with Crippen molar-refractivity contribution >= 4 is 45.7 Å². The number of ether oxygens (including phenoxy) is 2. The van der Waals surface area contributed by atoms with Crippen molar-refractivity contribution in [3.63, 3.8) is 0 Å². The van der Waals surface area contributed by atoms with E-state index in [-0.39, 0.29) is 45.3 Å². The minimum absolute atomic E-state index is 0.0256. The van der Waals surface area contributed by atoms with E-state index in [1.165, 1.54) is 23.1 Å². The molecule has 1 aromatic rings. The lowest BCUT2D eigenvalue weighted by atomic mass is 10.1. The zero-order chi connectivity index (χ0) is 33.7. The summed E-state index contributed by atoms with van der Waals surface area (Å²) in [6.07, 6.45) is -0.442. The summed E-state index contributed by atoms with van der Waals surface area (Å²) in [5.41, 5.74) is -0.627. The molecule has 0 spiro atoms. The smallest absolute Gasteiger partial charge is 0.410 e. The Balaban J connectivity index is 1.15. The molecule has 0 unspecified atom stereocenters. The van der Waals surface area contributed by atoms with E-state index in [0.717, 1.165) is 4.90 Å². The van der Waals surface area contributed by atoms with Crippen LogP contribution in [0.2, 0.25) is 0 Å². The maximum Gasteiger partial charge on any atom is 0.410 e. The van der Waals surface area contributed by atoms with E-state index in [1.54, 1.807) is 6.07 Å². The van der Waals surface area contributed by atoms with Gasteiger partial charge in [0, 0.05) is 37.3 Å². The van der Waals surface area contributed by atoms with Crippen LogP contribution in [0.1, 0.15) is 49.7 Å². The van der Waals surface area contributed by atoms with Gasteiger partial charge in [-0.2, -0.15) is 0 Å². The van der Waals surface area contributed by atoms with Gasteiger partial charge in [0.2, 0.25) is 21.8 Å². The van der Waals surface area contributed by atoms with Gasteiger partial charge in [-0.1, -0.05) is 18.2 Å². The number of halogens is 1. The van der Waals surface area contributed by atoms with Gasteiger partial charge >= 0.3 is 12.1 Å². The maximum absolute atomic E-state index is 14.3. The number of cyclic esters (lactones) is 1. The first-order chi connectivity index (χ1) is 22.3. The van der Waals surface area contributed by atoms with Gasteiger partial charge in [-0.15, -0.1) is 6.58 Å². The molecule has 5 amide bonds. The standard InChI is InChI=1S/C30H34FN5O10S/c1-2-17-11-30(17,28(41)34-47(43,44)19-6-7-19)33-26(39)22-10-18(45-29(42)35-13-16-4-3-5-21(31)20(16)15-35)14-36(22)24(37)12-32-27(40)23-8-9-25(38)46-23/h2-5,17-19,22-23H,1,6-15H2,(H,32,40)(H,33,39)(H,34,41)/t17-,18-,22+,23+,30-/m1/s1. The molecule has 2 saturated carbocycles. The number of carbonyl (C=O) groups excluding carboxylic acids is 6. The van der Waals surface area contributed by atoms with E-state index >= 15 is 0 Å². The van der Waals surface area contributed by atoms with Gasteiger partial charge in [0.1, 0.15) is 23.5 Å². The zero-order valence-corrected chi connectivity index (χ0v) is 26.1. The van der Waals surface area contributed by atoms with Crippen molar-refractivity contribution in [1.29, 1.82) is 0 Å². The SMILES string of the molecule is C=C[C@@H]1C[C@]1(NC(=O)[C@@H]1C[C@@H](OC(=O)N2Cc3cccc(F)c3C2)CN1C(=O)CNC(=O)[C@@H]1CCC(=O)O1)C(=O)NS(=O)(=O)C1CC1. The van der Waals surface area contributed by atoms with Gasteiger partial charge in [-0.3, -0.25) is 33.6 Å². The van der Waals surface area contributed by atoms with E-state index in [9.17, 15) is 41.6 Å². The Morgan fingerprint density at radius 1 is 1.13 bits per heavy atom. The van der Waals surface area contributed by atoms with Crippen LogP contribution in [-0.4, -0.2) is 96.0 Å². The van der Waals surface area contributed by atoms with Crippen molar-refractivity contribution < 1.29 is 51.0 Å². The van der Waals surface area contributed by atoms with Gasteiger partial charge in [-0.05, 0) is 30.9 Å². The van der Waals surface area contributed by atoms with Gasteiger partial charge in [-0.25, -0.2) is 17.6 Å². The van der Waals surface area contributed by atoms with Crippen LogP contribution >= 0.6 is 0 Å². The van der Waals surface area contributed by atoms with Crippen molar-refractivity contribution in [2.45, 2.75) is 80.7 Å². The minimum Gasteiger partial charge on any atom is -0.452 e. The Morgan fingerprint density at radius 3 is 2.53 bits per heavy atom. The fraction of sp³-hybridized carbons (Fsp3) is 0.533. The Morgan fingerprint density at radius 2 is 1.89 bits per heavy atom. The highest BCUT2D eigenvalue weighted by Gasteiger charge is 2.62. The predicted octanol–water partition coefficient (Wildman–Crippen LogP) is -0.261. The maximum atomic E-state index is 14.3. The number of sulfonamides is 1. The number of benzene rings is 1. The van der Waals surface area contributed by atoms with Crippen molar-refractivity contribution in [2.24, 2.45) is 5.92 Å². The summed E-state index contributed by atoms with van der Waals surface area (Å²) in [5.74, 6) is -4.70. The average molecular weight is 676 g/mol. The molecule has 5 aliphatic rings. The fourth-order valence-corrected chi connectivity index (χ4v) is 7.61. The third-order valence-corrected chi connectivity index (χ3v) is 11.0. The molecule has 17 heteroatoms. The van der Waals surface area contributed by atoms with E-state index < -0.39 is 93.0 Å². The molecule has 5 atom stereocenters. The molecule has 3 heterocycles. The van der Waals surface area contributed by atoms with Crippen LogP contribution in [0, 0.1) is 11.7 Å². The number of hydrogen-bond donors (Lipinski definition) is 3. The number of nitrogens with one attached hydrogen (secondary N) is 3. The summed E-state index contributed by atoms with van der Waals surface area (Å²) in [5, 5.41) is 4.34. The average Bonchev–Trinajstić information content (AvgIpc) is 3.85. The number of hydrogen-bond acceptors (Lipinski definition) is 10. The number of likely N-dealkylation sites (tertiary alicyclic amines) is 1. The van der Waals surface area contributed by atoms with Gasteiger partial charge < -0.3 is 25.0 Å². The Labute approximate surface area is 269 Å². The topological polar surface area (TPSA) is 198 Å². The van der Waals surface area contributed by atoms with E-state index in [2.05, 4.69) is 21.9 Å². The molecule has 6 rings (SSSR count). The largest absolute Gasteiger partial charge is 0.452 e. The second-order valence-corrected chi connectivity index (χ2v) is 14.4. The molecule has 2 aliphatic carbocycles. The van der Waals surface area contributed by atoms with Crippen LogP contribution < -0.4 is 15.4 Å². The normalized spacial score (nSPS) is 27.8. The monoisotopic (exact) mass is 675 g/mol. The second kappa shape index (κ2) is 12.2. The van der Waals surface area contributed by atoms with Crippen LogP contribution in [-0.2, 0) is 56.6 Å². The molecule has 47 heavy (non-hydrogen) atoms. The van der Waals surface area contributed by atoms with Gasteiger partial charge in [0.15, 0.2) is 6.10 Å². The molecule has 0 radical (unpaired) electrons. The summed E-state index contributed by atoms with van der Waals surface area (Å²) in [6.45, 7) is 2.94. The summed E-state index contributed by atoms with van der Waals surface area (Å²) >= 11 is 0. The number of amides is 5. The molecule has 0 bridgehead atoms. The van der Waals surface area contributed by atoms with Crippen LogP contribution in [0.3, 0.4) is 0 Å². The summed E-state index contributed by atoms with van der Waals surface area (Å²) < 4.78 is 51.9. The van der Waals surface area contributed by atoms with Crippen molar-refractivity contribution in [2.75, 3.05) is 13.1 Å². The molecule has 4 fully saturated rings. The highest BCUT2D eigenvalue weighted by atomic mass is 32.2. The minimum atomic E-state index is -3.93. The molecular formula is C30H34FN5O10S. The molecule has 0 aromatic heterocycles. The van der Waals surface area contributed by atoms with Crippen LogP contribution in [0.5, 0.6) is 0 Å². The van der Waals surface area contributed by atoms with Crippen LogP contribution in [0.25, 0.3) is 0 Å². The summed E-state index contributed by atoms with van der Waals surface area (Å²) in [7, 11) is -3.93. The molecular weight excluding hydrogens is 641 g/mol. The predicted molar refractivity (Wildman–Crippen MR) is 157 cm³/mol. The molecule has 2 saturated heterocycles. The lowest BCUT2D eigenvalue weighted by Crippen LogP contribution is -2.57. The quantitative estimate of drug-likeness (QED) is 0.219. The Kier molecular flexibility index (Phi) is 8.44. The lowest BCUT2D eigenvalue weighted by molar-refractivity contribution is -0.148. The van der Waals surface area contributed by atoms with Crippen LogP contribution in [0.15, 0.2) is 30.9 Å².